The summed E-state index contributed by atoms with van der Waals surface area (Å²) in [5.74, 6) is -1.23. The first-order chi connectivity index (χ1) is 14.1. The molecule has 1 N–H and O–H groups in total. The van der Waals surface area contributed by atoms with E-state index in [4.69, 9.17) is 0 Å². The molecule has 0 aliphatic carbocycles. The molecule has 1 aliphatic heterocycles. The number of alkyl halides is 3. The van der Waals surface area contributed by atoms with Crippen molar-refractivity contribution in [3.05, 3.63) is 65.2 Å². The van der Waals surface area contributed by atoms with Crippen LogP contribution in [-0.4, -0.2) is 29.5 Å². The van der Waals surface area contributed by atoms with E-state index in [1.54, 1.807) is 31.3 Å². The SMILES string of the molecule is CC(=O)c1ccc(NC(=O)C2CCC(=O)N(C)C2c2ccc(C(F)(F)F)cc2)cc1. The highest BCUT2D eigenvalue weighted by atomic mass is 19.4. The van der Waals surface area contributed by atoms with Crippen LogP contribution in [0.1, 0.15) is 47.3 Å². The van der Waals surface area contributed by atoms with Gasteiger partial charge in [0.2, 0.25) is 11.8 Å². The molecule has 0 saturated carbocycles. The molecule has 8 heteroatoms. The molecule has 30 heavy (non-hydrogen) atoms. The normalized spacial score (nSPS) is 19.5. The van der Waals surface area contributed by atoms with Crippen molar-refractivity contribution in [2.24, 2.45) is 5.92 Å². The summed E-state index contributed by atoms with van der Waals surface area (Å²) in [5.41, 5.74) is 0.683. The molecule has 0 bridgehead atoms. The van der Waals surface area contributed by atoms with E-state index in [0.29, 0.717) is 16.8 Å². The lowest BCUT2D eigenvalue weighted by Gasteiger charge is -2.38. The van der Waals surface area contributed by atoms with Crippen molar-refractivity contribution in [2.75, 3.05) is 12.4 Å². The van der Waals surface area contributed by atoms with Gasteiger partial charge in [0.25, 0.3) is 0 Å². The number of Topliss-reactive ketones (excluding diaryl/α,β-unsaturated/α-hetero) is 1. The molecule has 0 radical (unpaired) electrons. The van der Waals surface area contributed by atoms with Crippen LogP contribution >= 0.6 is 0 Å². The summed E-state index contributed by atoms with van der Waals surface area (Å²) < 4.78 is 38.6. The van der Waals surface area contributed by atoms with Gasteiger partial charge in [-0.25, -0.2) is 0 Å². The monoisotopic (exact) mass is 418 g/mol. The number of carbonyl (C=O) groups is 3. The van der Waals surface area contributed by atoms with Crippen molar-refractivity contribution in [3.8, 4) is 0 Å². The summed E-state index contributed by atoms with van der Waals surface area (Å²) >= 11 is 0. The highest BCUT2D eigenvalue weighted by Gasteiger charge is 2.39. The molecule has 1 heterocycles. The van der Waals surface area contributed by atoms with Gasteiger partial charge >= 0.3 is 6.18 Å². The maximum atomic E-state index is 13.0. The number of nitrogens with one attached hydrogen (secondary N) is 1. The number of benzene rings is 2. The van der Waals surface area contributed by atoms with Crippen LogP contribution in [0.25, 0.3) is 0 Å². The predicted octanol–water partition coefficient (Wildman–Crippen LogP) is 4.46. The van der Waals surface area contributed by atoms with Crippen molar-refractivity contribution < 1.29 is 27.6 Å². The van der Waals surface area contributed by atoms with Crippen molar-refractivity contribution in [1.82, 2.24) is 4.90 Å². The fraction of sp³-hybridized carbons (Fsp3) is 0.318. The minimum atomic E-state index is -4.46. The number of ketones is 1. The molecule has 2 aromatic carbocycles. The standard InChI is InChI=1S/C22H21F3N2O3/c1-13(28)14-5-9-17(10-6-14)26-21(30)18-11-12-19(29)27(2)20(18)15-3-7-16(8-4-15)22(23,24)25/h3-10,18,20H,11-12H2,1-2H3,(H,26,30). The smallest absolute Gasteiger partial charge is 0.338 e. The summed E-state index contributed by atoms with van der Waals surface area (Å²) in [7, 11) is 1.55. The third kappa shape index (κ3) is 4.53. The average molecular weight is 418 g/mol. The number of nitrogens with zero attached hydrogens (tertiary/aromatic N) is 1. The zero-order chi connectivity index (χ0) is 22.1. The molecule has 0 aromatic heterocycles. The van der Waals surface area contributed by atoms with E-state index >= 15 is 0 Å². The summed E-state index contributed by atoms with van der Waals surface area (Å²) in [6.45, 7) is 1.44. The van der Waals surface area contributed by atoms with Gasteiger partial charge in [0.05, 0.1) is 17.5 Å². The third-order valence-electron chi connectivity index (χ3n) is 5.34. The van der Waals surface area contributed by atoms with Crippen LogP contribution in [0.4, 0.5) is 18.9 Å². The Labute approximate surface area is 171 Å². The second kappa shape index (κ2) is 8.30. The fourth-order valence-electron chi connectivity index (χ4n) is 3.66. The lowest BCUT2D eigenvalue weighted by Crippen LogP contribution is -2.44. The van der Waals surface area contributed by atoms with E-state index in [-0.39, 0.29) is 30.4 Å². The maximum Gasteiger partial charge on any atom is 0.416 e. The molecule has 1 saturated heterocycles. The predicted molar refractivity (Wildman–Crippen MR) is 105 cm³/mol. The zero-order valence-electron chi connectivity index (χ0n) is 16.5. The largest absolute Gasteiger partial charge is 0.416 e. The molecule has 3 rings (SSSR count). The first kappa shape index (κ1) is 21.5. The number of likely N-dealkylation sites (tertiary alicyclic amines) is 1. The van der Waals surface area contributed by atoms with Crippen LogP contribution < -0.4 is 5.32 Å². The Morgan fingerprint density at radius 3 is 2.17 bits per heavy atom. The van der Waals surface area contributed by atoms with Crippen LogP contribution in [0.5, 0.6) is 0 Å². The van der Waals surface area contributed by atoms with Crippen LogP contribution in [0, 0.1) is 5.92 Å². The zero-order valence-corrected chi connectivity index (χ0v) is 16.5. The van der Waals surface area contributed by atoms with Gasteiger partial charge in [-0.05, 0) is 55.3 Å². The van der Waals surface area contributed by atoms with E-state index in [9.17, 15) is 27.6 Å². The number of rotatable bonds is 4. The fourth-order valence-corrected chi connectivity index (χ4v) is 3.66. The Bertz CT molecular complexity index is 953. The summed E-state index contributed by atoms with van der Waals surface area (Å²) in [4.78, 5) is 38.0. The van der Waals surface area contributed by atoms with Crippen molar-refractivity contribution in [1.29, 1.82) is 0 Å². The number of amides is 2. The van der Waals surface area contributed by atoms with Gasteiger partial charge in [-0.3, -0.25) is 14.4 Å². The van der Waals surface area contributed by atoms with E-state index < -0.39 is 23.7 Å². The number of hydrogen-bond acceptors (Lipinski definition) is 3. The van der Waals surface area contributed by atoms with Gasteiger partial charge in [0.15, 0.2) is 5.78 Å². The summed E-state index contributed by atoms with van der Waals surface area (Å²) in [6, 6.07) is 10.3. The molecular weight excluding hydrogens is 397 g/mol. The minimum Gasteiger partial charge on any atom is -0.338 e. The van der Waals surface area contributed by atoms with Crippen molar-refractivity contribution in [2.45, 2.75) is 32.0 Å². The maximum absolute atomic E-state index is 13.0. The Balaban J connectivity index is 1.84. The molecule has 2 amide bonds. The number of carbonyl (C=O) groups excluding carboxylic acids is 3. The molecular formula is C22H21F3N2O3. The second-order valence-corrected chi connectivity index (χ2v) is 7.34. The number of piperidine rings is 1. The Morgan fingerprint density at radius 1 is 1.03 bits per heavy atom. The molecule has 2 aromatic rings. The first-order valence-corrected chi connectivity index (χ1v) is 9.42. The van der Waals surface area contributed by atoms with Crippen LogP contribution in [0.3, 0.4) is 0 Å². The van der Waals surface area contributed by atoms with Crippen LogP contribution in [0.15, 0.2) is 48.5 Å². The van der Waals surface area contributed by atoms with E-state index in [1.165, 1.54) is 24.0 Å². The van der Waals surface area contributed by atoms with E-state index in [0.717, 1.165) is 12.1 Å². The molecule has 158 valence electrons. The Morgan fingerprint density at radius 2 is 1.63 bits per heavy atom. The van der Waals surface area contributed by atoms with Crippen molar-refractivity contribution >= 4 is 23.3 Å². The summed E-state index contributed by atoms with van der Waals surface area (Å²) in [6.07, 6.45) is -4.00. The average Bonchev–Trinajstić information content (AvgIpc) is 2.69. The van der Waals surface area contributed by atoms with Gasteiger partial charge in [0, 0.05) is 24.7 Å². The van der Waals surface area contributed by atoms with Gasteiger partial charge in [-0.1, -0.05) is 12.1 Å². The van der Waals surface area contributed by atoms with E-state index in [2.05, 4.69) is 5.32 Å². The summed E-state index contributed by atoms with van der Waals surface area (Å²) in [5, 5.41) is 2.78. The molecule has 1 fully saturated rings. The molecule has 5 nitrogen and oxygen atoms in total. The number of anilines is 1. The lowest BCUT2D eigenvalue weighted by atomic mass is 9.83. The Hall–Kier alpha value is -3.16. The van der Waals surface area contributed by atoms with Crippen LogP contribution in [0.2, 0.25) is 0 Å². The third-order valence-corrected chi connectivity index (χ3v) is 5.34. The van der Waals surface area contributed by atoms with Gasteiger partial charge in [0.1, 0.15) is 0 Å². The topological polar surface area (TPSA) is 66.5 Å². The van der Waals surface area contributed by atoms with Gasteiger partial charge in [-0.2, -0.15) is 13.2 Å². The molecule has 2 atom stereocenters. The minimum absolute atomic E-state index is 0.0948. The lowest BCUT2D eigenvalue weighted by molar-refractivity contribution is -0.140. The highest BCUT2D eigenvalue weighted by Crippen LogP contribution is 2.38. The Kier molecular flexibility index (Phi) is 5.96. The van der Waals surface area contributed by atoms with Gasteiger partial charge < -0.3 is 10.2 Å². The number of halogens is 3. The second-order valence-electron chi connectivity index (χ2n) is 7.34. The first-order valence-electron chi connectivity index (χ1n) is 9.42. The highest BCUT2D eigenvalue weighted by molar-refractivity contribution is 5.97. The van der Waals surface area contributed by atoms with Crippen molar-refractivity contribution in [3.63, 3.8) is 0 Å². The molecule has 0 spiro atoms. The molecule has 1 aliphatic rings. The van der Waals surface area contributed by atoms with Gasteiger partial charge in [-0.15, -0.1) is 0 Å². The van der Waals surface area contributed by atoms with Crippen LogP contribution in [-0.2, 0) is 15.8 Å². The molecule has 2 unspecified atom stereocenters. The number of hydrogen-bond donors (Lipinski definition) is 1. The quantitative estimate of drug-likeness (QED) is 0.746. The van der Waals surface area contributed by atoms with E-state index in [1.807, 2.05) is 0 Å².